The second-order valence-corrected chi connectivity index (χ2v) is 12.1. The number of rotatable bonds is 20. The zero-order chi connectivity index (χ0) is 33.1. The number of anilines is 3. The number of benzene rings is 3. The monoisotopic (exact) mass is 651 g/mol. The van der Waals surface area contributed by atoms with Gasteiger partial charge in [0.25, 0.3) is 5.91 Å². The maximum atomic E-state index is 12.1. The molecule has 10 nitrogen and oxygen atoms in total. The van der Waals surface area contributed by atoms with Crippen LogP contribution in [0.2, 0.25) is 0 Å². The summed E-state index contributed by atoms with van der Waals surface area (Å²) in [7, 11) is 0. The summed E-state index contributed by atoms with van der Waals surface area (Å²) in [6.07, 6.45) is 7.31. The predicted molar refractivity (Wildman–Crippen MR) is 192 cm³/mol. The second kappa shape index (κ2) is 20.0. The molecule has 4 aromatic rings. The normalized spacial score (nSPS) is 13.3. The lowest BCUT2D eigenvalue weighted by atomic mass is 9.88. The minimum Gasteiger partial charge on any atom is -0.377 e. The van der Waals surface area contributed by atoms with Crippen molar-refractivity contribution >= 4 is 23.8 Å². The van der Waals surface area contributed by atoms with Gasteiger partial charge in [-0.1, -0.05) is 98.1 Å². The van der Waals surface area contributed by atoms with Crippen molar-refractivity contribution in [2.24, 2.45) is 5.92 Å². The van der Waals surface area contributed by atoms with Crippen LogP contribution in [0.3, 0.4) is 0 Å². The number of amides is 1. The third-order valence-electron chi connectivity index (χ3n) is 8.50. The Bertz CT molecular complexity index is 1430. The van der Waals surface area contributed by atoms with Gasteiger partial charge in [0.2, 0.25) is 17.8 Å². The lowest BCUT2D eigenvalue weighted by Gasteiger charge is -2.22. The van der Waals surface area contributed by atoms with Gasteiger partial charge in [-0.05, 0) is 48.4 Å². The number of nitrogens with zero attached hydrogens (tertiary/aromatic N) is 3. The summed E-state index contributed by atoms with van der Waals surface area (Å²) in [6, 6.07) is 30.4. The van der Waals surface area contributed by atoms with E-state index in [2.05, 4.69) is 91.9 Å². The topological polar surface area (TPSA) is 122 Å². The Morgan fingerprint density at radius 1 is 0.625 bits per heavy atom. The molecule has 1 heterocycles. The van der Waals surface area contributed by atoms with Gasteiger partial charge >= 0.3 is 0 Å². The number of carbonyl (C=O) groups excluding carboxylic acids is 1. The van der Waals surface area contributed by atoms with Gasteiger partial charge in [-0.3, -0.25) is 4.79 Å². The average Bonchev–Trinajstić information content (AvgIpc) is 3.14. The Morgan fingerprint density at radius 2 is 1.15 bits per heavy atom. The second-order valence-electron chi connectivity index (χ2n) is 12.1. The van der Waals surface area contributed by atoms with E-state index >= 15 is 0 Å². The summed E-state index contributed by atoms with van der Waals surface area (Å²) in [5.41, 5.74) is 3.22. The molecule has 1 aromatic heterocycles. The molecule has 4 N–H and O–H groups in total. The minimum atomic E-state index is -0.103. The van der Waals surface area contributed by atoms with E-state index in [1.54, 1.807) is 12.1 Å². The molecule has 48 heavy (non-hydrogen) atoms. The van der Waals surface area contributed by atoms with Crippen LogP contribution in [0.15, 0.2) is 91.0 Å². The fourth-order valence-electron chi connectivity index (χ4n) is 5.95. The first-order valence-corrected chi connectivity index (χ1v) is 17.3. The summed E-state index contributed by atoms with van der Waals surface area (Å²) in [6.45, 7) is 4.37. The van der Waals surface area contributed by atoms with E-state index < -0.39 is 0 Å². The van der Waals surface area contributed by atoms with Crippen LogP contribution in [0.25, 0.3) is 0 Å². The number of hydrogen-bond acceptors (Lipinski definition) is 9. The van der Waals surface area contributed by atoms with Gasteiger partial charge in [0.05, 0.1) is 26.4 Å². The fourth-order valence-corrected chi connectivity index (χ4v) is 5.95. The highest BCUT2D eigenvalue weighted by Gasteiger charge is 2.16. The van der Waals surface area contributed by atoms with E-state index in [1.807, 2.05) is 18.2 Å². The predicted octanol–water partition coefficient (Wildman–Crippen LogP) is 6.37. The van der Waals surface area contributed by atoms with Gasteiger partial charge in [0.1, 0.15) is 0 Å². The highest BCUT2D eigenvalue weighted by molar-refractivity contribution is 5.94. The van der Waals surface area contributed by atoms with E-state index in [4.69, 9.17) is 14.5 Å². The summed E-state index contributed by atoms with van der Waals surface area (Å²) in [4.78, 5) is 26.1. The number of hydrogen-bond donors (Lipinski definition) is 4. The van der Waals surface area contributed by atoms with Crippen molar-refractivity contribution in [2.45, 2.75) is 44.4 Å². The molecular weight excluding hydrogens is 602 g/mol. The van der Waals surface area contributed by atoms with Crippen molar-refractivity contribution in [3.63, 3.8) is 0 Å². The SMILES string of the molecule is O=C(NCCOCCOCCNc1nc(NCCC(c2ccccc2)c2ccccc2)nc(NCC2CCCCC2)n1)c1ccccc1. The Morgan fingerprint density at radius 3 is 1.75 bits per heavy atom. The summed E-state index contributed by atoms with van der Waals surface area (Å²) in [5, 5.41) is 13.1. The highest BCUT2D eigenvalue weighted by atomic mass is 16.5. The number of nitrogens with one attached hydrogen (secondary N) is 4. The van der Waals surface area contributed by atoms with Crippen LogP contribution >= 0.6 is 0 Å². The molecule has 1 aliphatic carbocycles. The van der Waals surface area contributed by atoms with Crippen molar-refractivity contribution < 1.29 is 14.3 Å². The molecule has 1 fully saturated rings. The van der Waals surface area contributed by atoms with Crippen molar-refractivity contribution in [2.75, 3.05) is 68.6 Å². The molecular formula is C38H49N7O3. The van der Waals surface area contributed by atoms with Gasteiger partial charge in [0, 0.05) is 37.7 Å². The summed E-state index contributed by atoms with van der Waals surface area (Å²) in [5.74, 6) is 2.45. The largest absolute Gasteiger partial charge is 0.377 e. The summed E-state index contributed by atoms with van der Waals surface area (Å²) < 4.78 is 11.3. The number of ether oxygens (including phenoxy) is 2. The molecule has 5 rings (SSSR count). The van der Waals surface area contributed by atoms with Crippen LogP contribution in [0, 0.1) is 5.92 Å². The Labute approximate surface area is 284 Å². The Hall–Kier alpha value is -4.54. The van der Waals surface area contributed by atoms with Crippen molar-refractivity contribution in [1.29, 1.82) is 0 Å². The van der Waals surface area contributed by atoms with Crippen LogP contribution in [-0.4, -0.2) is 73.5 Å². The first-order chi connectivity index (χ1) is 23.7. The maximum Gasteiger partial charge on any atom is 0.251 e. The van der Waals surface area contributed by atoms with Crippen LogP contribution in [0.1, 0.15) is 65.9 Å². The molecule has 0 bridgehead atoms. The molecule has 254 valence electrons. The van der Waals surface area contributed by atoms with Gasteiger partial charge in [0.15, 0.2) is 0 Å². The molecule has 10 heteroatoms. The van der Waals surface area contributed by atoms with E-state index in [0.29, 0.717) is 75.4 Å². The van der Waals surface area contributed by atoms with Crippen LogP contribution in [-0.2, 0) is 9.47 Å². The van der Waals surface area contributed by atoms with E-state index in [0.717, 1.165) is 13.0 Å². The molecule has 0 spiro atoms. The molecule has 1 aliphatic rings. The van der Waals surface area contributed by atoms with Crippen LogP contribution in [0.5, 0.6) is 0 Å². The van der Waals surface area contributed by atoms with Crippen molar-refractivity contribution in [3.8, 4) is 0 Å². The zero-order valence-electron chi connectivity index (χ0n) is 27.8. The lowest BCUT2D eigenvalue weighted by Crippen LogP contribution is -2.27. The number of carbonyl (C=O) groups is 1. The Balaban J connectivity index is 1.07. The smallest absolute Gasteiger partial charge is 0.251 e. The average molecular weight is 652 g/mol. The quantitative estimate of drug-likeness (QED) is 0.0808. The molecule has 1 saturated carbocycles. The first-order valence-electron chi connectivity index (χ1n) is 17.3. The third-order valence-corrected chi connectivity index (χ3v) is 8.50. The fraction of sp³-hybridized carbons (Fsp3) is 0.421. The molecule has 1 amide bonds. The lowest BCUT2D eigenvalue weighted by molar-refractivity contribution is 0.0519. The number of aromatic nitrogens is 3. The van der Waals surface area contributed by atoms with Gasteiger partial charge in [-0.2, -0.15) is 15.0 Å². The third kappa shape index (κ3) is 11.9. The molecule has 0 radical (unpaired) electrons. The Kier molecular flexibility index (Phi) is 14.5. The van der Waals surface area contributed by atoms with Gasteiger partial charge in [-0.25, -0.2) is 0 Å². The maximum absolute atomic E-state index is 12.1. The molecule has 0 atom stereocenters. The molecule has 3 aromatic carbocycles. The zero-order valence-corrected chi connectivity index (χ0v) is 27.8. The van der Waals surface area contributed by atoms with Crippen LogP contribution < -0.4 is 21.3 Å². The van der Waals surface area contributed by atoms with E-state index in [9.17, 15) is 4.79 Å². The first kappa shape index (κ1) is 34.8. The van der Waals surface area contributed by atoms with E-state index in [1.165, 1.54) is 43.2 Å². The summed E-state index contributed by atoms with van der Waals surface area (Å²) >= 11 is 0. The highest BCUT2D eigenvalue weighted by Crippen LogP contribution is 2.28. The van der Waals surface area contributed by atoms with Crippen LogP contribution in [0.4, 0.5) is 17.8 Å². The van der Waals surface area contributed by atoms with Crippen molar-refractivity contribution in [1.82, 2.24) is 20.3 Å². The molecule has 0 unspecified atom stereocenters. The van der Waals surface area contributed by atoms with Crippen molar-refractivity contribution in [3.05, 3.63) is 108 Å². The minimum absolute atomic E-state index is 0.103. The van der Waals surface area contributed by atoms with Gasteiger partial charge < -0.3 is 30.7 Å². The van der Waals surface area contributed by atoms with Gasteiger partial charge in [-0.15, -0.1) is 0 Å². The molecule has 0 saturated heterocycles. The standard InChI is InChI=1S/C38H49N7O3/c46-35(33-19-11-4-12-20-33)39-23-25-47-27-28-48-26-24-41-37-43-36(44-38(45-37)42-29-30-13-5-1-6-14-30)40-22-21-34(31-15-7-2-8-16-31)32-17-9-3-10-18-32/h2-4,7-12,15-20,30,34H,1,5-6,13-14,21-29H2,(H,39,46)(H3,40,41,42,43,44,45). The van der Waals surface area contributed by atoms with E-state index in [-0.39, 0.29) is 11.8 Å². The molecule has 0 aliphatic heterocycles.